The highest BCUT2D eigenvalue weighted by atomic mass is 35.5. The van der Waals surface area contributed by atoms with E-state index in [1.807, 2.05) is 25.1 Å². The molecule has 8 heteroatoms. The fourth-order valence-corrected chi connectivity index (χ4v) is 3.87. The van der Waals surface area contributed by atoms with Gasteiger partial charge in [-0.05, 0) is 37.3 Å². The molecule has 2 aliphatic rings. The second-order valence-corrected chi connectivity index (χ2v) is 7.92. The summed E-state index contributed by atoms with van der Waals surface area (Å²) >= 11 is 6.32. The number of rotatable bonds is 4. The van der Waals surface area contributed by atoms with Crippen LogP contribution in [0.3, 0.4) is 0 Å². The van der Waals surface area contributed by atoms with Crippen molar-refractivity contribution in [1.29, 1.82) is 0 Å². The zero-order valence-electron chi connectivity index (χ0n) is 15.0. The van der Waals surface area contributed by atoms with E-state index in [-0.39, 0.29) is 30.1 Å². The first kappa shape index (κ1) is 18.0. The highest BCUT2D eigenvalue weighted by Crippen LogP contribution is 2.40. The number of amides is 1. The summed E-state index contributed by atoms with van der Waals surface area (Å²) in [5.41, 5.74) is 0.697. The summed E-state index contributed by atoms with van der Waals surface area (Å²) in [5.74, 6) is -0.486. The topological polar surface area (TPSA) is 88.3 Å². The highest BCUT2D eigenvalue weighted by Gasteiger charge is 2.36. The number of halogens is 1. The smallest absolute Gasteiger partial charge is 0.308 e. The second-order valence-electron chi connectivity index (χ2n) is 7.52. The predicted octanol–water partition coefficient (Wildman–Crippen LogP) is 2.98. The van der Waals surface area contributed by atoms with E-state index in [1.54, 1.807) is 15.6 Å². The van der Waals surface area contributed by atoms with Crippen molar-refractivity contribution in [3.8, 4) is 5.69 Å². The summed E-state index contributed by atoms with van der Waals surface area (Å²) in [5, 5.41) is 14.3. The number of para-hydroxylation sites is 1. The zero-order chi connectivity index (χ0) is 19.1. The van der Waals surface area contributed by atoms with Crippen LogP contribution < -0.4 is 0 Å². The first-order chi connectivity index (χ1) is 12.9. The molecule has 1 saturated carbocycles. The average molecular weight is 389 g/mol. The largest absolute Gasteiger partial charge is 0.481 e. The van der Waals surface area contributed by atoms with E-state index < -0.39 is 11.9 Å². The van der Waals surface area contributed by atoms with Crippen molar-refractivity contribution in [2.24, 2.45) is 11.8 Å². The molecule has 27 heavy (non-hydrogen) atoms. The number of hydrogen-bond donors (Lipinski definition) is 1. The number of aliphatic carboxylic acids is 1. The number of carboxylic acids is 1. The lowest BCUT2D eigenvalue weighted by Crippen LogP contribution is -2.45. The molecule has 0 bridgehead atoms. The lowest BCUT2D eigenvalue weighted by atomic mass is 9.90. The van der Waals surface area contributed by atoms with Gasteiger partial charge in [-0.25, -0.2) is 9.67 Å². The maximum atomic E-state index is 13.0. The first-order valence-electron chi connectivity index (χ1n) is 9.18. The minimum atomic E-state index is -0.868. The van der Waals surface area contributed by atoms with E-state index in [4.69, 9.17) is 11.6 Å². The maximum absolute atomic E-state index is 13.0. The molecule has 1 aliphatic carbocycles. The Morgan fingerprint density at radius 2 is 1.96 bits per heavy atom. The number of carbonyl (C=O) groups excluding carboxylic acids is 1. The van der Waals surface area contributed by atoms with E-state index >= 15 is 0 Å². The molecule has 1 saturated heterocycles. The summed E-state index contributed by atoms with van der Waals surface area (Å²) in [7, 11) is 0. The van der Waals surface area contributed by atoms with E-state index in [0.29, 0.717) is 23.7 Å². The molecule has 4 rings (SSSR count). The fraction of sp³-hybridized carbons (Fsp3) is 0.474. The Morgan fingerprint density at radius 1 is 1.22 bits per heavy atom. The Bertz CT molecular complexity index is 893. The van der Waals surface area contributed by atoms with Crippen molar-refractivity contribution in [2.75, 3.05) is 13.1 Å². The number of carboxylic acid groups (broad SMARTS) is 1. The summed E-state index contributed by atoms with van der Waals surface area (Å²) in [6.45, 7) is 2.67. The lowest BCUT2D eigenvalue weighted by molar-refractivity contribution is -0.143. The standard InChI is InChI=1S/C19H21ClN4O3/c1-11-8-13(19(26)27)10-23(9-11)18(25)16-21-17(12-6-7-12)24(22-16)15-5-3-2-4-14(15)20/h2-5,11-13H,6-10H2,1H3,(H,26,27). The Balaban J connectivity index is 1.66. The molecule has 1 N–H and O–H groups in total. The SMILES string of the molecule is CC1CC(C(=O)O)CN(C(=O)c2nc(C3CC3)n(-c3ccccc3Cl)n2)C1. The van der Waals surface area contributed by atoms with Crippen molar-refractivity contribution in [3.63, 3.8) is 0 Å². The maximum Gasteiger partial charge on any atom is 0.308 e. The van der Waals surface area contributed by atoms with E-state index in [2.05, 4.69) is 10.1 Å². The van der Waals surface area contributed by atoms with Gasteiger partial charge >= 0.3 is 5.97 Å². The van der Waals surface area contributed by atoms with Gasteiger partial charge in [0.05, 0.1) is 16.6 Å². The van der Waals surface area contributed by atoms with Crippen LogP contribution in [-0.4, -0.2) is 49.7 Å². The molecule has 2 fully saturated rings. The molecule has 7 nitrogen and oxygen atoms in total. The van der Waals surface area contributed by atoms with Gasteiger partial charge in [0.25, 0.3) is 5.91 Å². The molecule has 142 valence electrons. The zero-order valence-corrected chi connectivity index (χ0v) is 15.8. The van der Waals surface area contributed by atoms with Crippen LogP contribution in [0.5, 0.6) is 0 Å². The van der Waals surface area contributed by atoms with E-state index in [0.717, 1.165) is 18.7 Å². The fourth-order valence-electron chi connectivity index (χ4n) is 3.66. The molecule has 0 spiro atoms. The molecular formula is C19H21ClN4O3. The van der Waals surface area contributed by atoms with Gasteiger partial charge in [-0.2, -0.15) is 0 Å². The number of aromatic nitrogens is 3. The van der Waals surface area contributed by atoms with Gasteiger partial charge in [0.15, 0.2) is 0 Å². The molecule has 1 amide bonds. The number of likely N-dealkylation sites (tertiary alicyclic amines) is 1. The molecule has 2 atom stereocenters. The van der Waals surface area contributed by atoms with Gasteiger partial charge in [-0.15, -0.1) is 5.10 Å². The first-order valence-corrected chi connectivity index (χ1v) is 9.55. The third-order valence-electron chi connectivity index (χ3n) is 5.14. The van der Waals surface area contributed by atoms with Crippen LogP contribution in [-0.2, 0) is 4.79 Å². The van der Waals surface area contributed by atoms with Crippen LogP contribution in [0.1, 0.15) is 48.5 Å². The molecule has 1 aromatic heterocycles. The Hall–Kier alpha value is -2.41. The summed E-state index contributed by atoms with van der Waals surface area (Å²) in [6.07, 6.45) is 2.60. The van der Waals surface area contributed by atoms with Crippen molar-refractivity contribution in [3.05, 3.63) is 40.9 Å². The van der Waals surface area contributed by atoms with Crippen molar-refractivity contribution in [1.82, 2.24) is 19.7 Å². The van der Waals surface area contributed by atoms with Gasteiger partial charge in [0.2, 0.25) is 5.82 Å². The van der Waals surface area contributed by atoms with Gasteiger partial charge < -0.3 is 10.0 Å². The number of nitrogens with zero attached hydrogens (tertiary/aromatic N) is 4. The van der Waals surface area contributed by atoms with E-state index in [1.165, 1.54) is 0 Å². The van der Waals surface area contributed by atoms with E-state index in [9.17, 15) is 14.7 Å². The average Bonchev–Trinajstić information content (AvgIpc) is 3.40. The van der Waals surface area contributed by atoms with Crippen LogP contribution in [0.15, 0.2) is 24.3 Å². The molecule has 2 aromatic rings. The predicted molar refractivity (Wildman–Crippen MR) is 99.2 cm³/mol. The third kappa shape index (κ3) is 3.56. The Kier molecular flexibility index (Phi) is 4.63. The third-order valence-corrected chi connectivity index (χ3v) is 5.46. The number of benzene rings is 1. The number of piperidine rings is 1. The van der Waals surface area contributed by atoms with Crippen LogP contribution in [0, 0.1) is 11.8 Å². The van der Waals surface area contributed by atoms with Crippen LogP contribution in [0.2, 0.25) is 5.02 Å². The molecule has 1 aliphatic heterocycles. The summed E-state index contributed by atoms with van der Waals surface area (Å²) in [6, 6.07) is 7.33. The van der Waals surface area contributed by atoms with Gasteiger partial charge in [-0.3, -0.25) is 9.59 Å². The minimum absolute atomic E-state index is 0.107. The van der Waals surface area contributed by atoms with Crippen LogP contribution in [0.25, 0.3) is 5.69 Å². The van der Waals surface area contributed by atoms with Crippen molar-refractivity contribution >= 4 is 23.5 Å². The highest BCUT2D eigenvalue weighted by molar-refractivity contribution is 6.32. The lowest BCUT2D eigenvalue weighted by Gasteiger charge is -2.33. The second kappa shape index (κ2) is 6.96. The molecule has 0 radical (unpaired) electrons. The minimum Gasteiger partial charge on any atom is -0.481 e. The summed E-state index contributed by atoms with van der Waals surface area (Å²) < 4.78 is 1.66. The normalized spacial score (nSPS) is 22.7. The van der Waals surface area contributed by atoms with Crippen molar-refractivity contribution in [2.45, 2.75) is 32.1 Å². The van der Waals surface area contributed by atoms with Gasteiger partial charge in [0, 0.05) is 19.0 Å². The number of hydrogen-bond acceptors (Lipinski definition) is 4. The summed E-state index contributed by atoms with van der Waals surface area (Å²) in [4.78, 5) is 30.5. The molecule has 2 heterocycles. The molecular weight excluding hydrogens is 368 g/mol. The van der Waals surface area contributed by atoms with Crippen molar-refractivity contribution < 1.29 is 14.7 Å². The quantitative estimate of drug-likeness (QED) is 0.869. The monoisotopic (exact) mass is 388 g/mol. The Labute approximate surface area is 161 Å². The van der Waals surface area contributed by atoms with Crippen LogP contribution >= 0.6 is 11.6 Å². The van der Waals surface area contributed by atoms with Crippen LogP contribution in [0.4, 0.5) is 0 Å². The Morgan fingerprint density at radius 3 is 2.63 bits per heavy atom. The van der Waals surface area contributed by atoms with Gasteiger partial charge in [0.1, 0.15) is 5.82 Å². The number of carbonyl (C=O) groups is 2. The van der Waals surface area contributed by atoms with Gasteiger partial charge in [-0.1, -0.05) is 30.7 Å². The molecule has 1 aromatic carbocycles. The molecule has 2 unspecified atom stereocenters.